The third-order valence-corrected chi connectivity index (χ3v) is 5.50. The number of nitrogens with one attached hydrogen (secondary N) is 2. The van der Waals surface area contributed by atoms with E-state index in [1.165, 1.54) is 0 Å². The zero-order chi connectivity index (χ0) is 27.8. The van der Waals surface area contributed by atoms with Gasteiger partial charge in [-0.1, -0.05) is 30.3 Å². The van der Waals surface area contributed by atoms with Crippen molar-refractivity contribution in [3.05, 3.63) is 60.2 Å². The molecule has 0 aliphatic carbocycles. The summed E-state index contributed by atoms with van der Waals surface area (Å²) in [5.74, 6) is -2.20. The highest BCUT2D eigenvalue weighted by atomic mass is 16.4. The molecule has 2 aromatic carbocycles. The fraction of sp³-hybridized carbons (Fsp3) is 0.385. The average Bonchev–Trinajstić information content (AvgIpc) is 2.89. The number of hydrogen-bond donors (Lipinski definition) is 6. The number of amides is 2. The molecule has 38 heavy (non-hydrogen) atoms. The molecule has 12 heteroatoms. The second kappa shape index (κ2) is 16.4. The Kier molecular flexibility index (Phi) is 12.9. The van der Waals surface area contributed by atoms with Crippen LogP contribution in [0, 0.1) is 0 Å². The molecule has 0 bridgehead atoms. The Labute approximate surface area is 221 Å². The van der Waals surface area contributed by atoms with Gasteiger partial charge in [-0.25, -0.2) is 4.79 Å². The van der Waals surface area contributed by atoms with E-state index in [4.69, 9.17) is 17.2 Å². The molecule has 0 aromatic heterocycles. The zero-order valence-electron chi connectivity index (χ0n) is 21.3. The van der Waals surface area contributed by atoms with Gasteiger partial charge in [0.05, 0.1) is 17.8 Å². The SMILES string of the molecule is NCCCC[C@H](NC(=O)[C@H](CCCN=C(N)N)NC(=O)Cc1ccc(N=Nc2ccccc2)cc1)C(=O)O. The van der Waals surface area contributed by atoms with Crippen LogP contribution in [-0.2, 0) is 20.8 Å². The smallest absolute Gasteiger partial charge is 0.326 e. The predicted molar refractivity (Wildman–Crippen MR) is 145 cm³/mol. The van der Waals surface area contributed by atoms with Crippen LogP contribution in [0.25, 0.3) is 0 Å². The lowest BCUT2D eigenvalue weighted by Crippen LogP contribution is -2.52. The van der Waals surface area contributed by atoms with Crippen LogP contribution in [0.3, 0.4) is 0 Å². The molecule has 2 amide bonds. The molecular weight excluding hydrogens is 488 g/mol. The number of carbonyl (C=O) groups excluding carboxylic acids is 2. The lowest BCUT2D eigenvalue weighted by atomic mass is 10.1. The number of carboxylic acids is 1. The topological polar surface area (TPSA) is 211 Å². The van der Waals surface area contributed by atoms with Crippen molar-refractivity contribution in [2.45, 2.75) is 50.6 Å². The summed E-state index contributed by atoms with van der Waals surface area (Å²) in [7, 11) is 0. The van der Waals surface area contributed by atoms with Crippen molar-refractivity contribution in [2.24, 2.45) is 32.4 Å². The van der Waals surface area contributed by atoms with Crippen LogP contribution in [0.2, 0.25) is 0 Å². The van der Waals surface area contributed by atoms with Crippen LogP contribution in [0.4, 0.5) is 11.4 Å². The average molecular weight is 525 g/mol. The van der Waals surface area contributed by atoms with Crippen molar-refractivity contribution in [2.75, 3.05) is 13.1 Å². The Balaban J connectivity index is 2.00. The molecule has 0 fully saturated rings. The first-order valence-corrected chi connectivity index (χ1v) is 12.4. The molecule has 0 radical (unpaired) electrons. The normalized spacial score (nSPS) is 12.4. The van der Waals surface area contributed by atoms with Gasteiger partial charge in [0.2, 0.25) is 11.8 Å². The molecule has 2 atom stereocenters. The van der Waals surface area contributed by atoms with Crippen LogP contribution in [0.15, 0.2) is 69.8 Å². The number of aliphatic carboxylic acids is 1. The van der Waals surface area contributed by atoms with Crippen molar-refractivity contribution in [1.82, 2.24) is 10.6 Å². The minimum Gasteiger partial charge on any atom is -0.480 e. The standard InChI is InChI=1S/C26H36N8O4/c27-15-5-4-9-22(25(37)38)32-24(36)21(10-6-16-30-26(28)29)31-23(35)17-18-11-13-20(14-12-18)34-33-19-7-2-1-3-8-19/h1-3,7-8,11-14,21-22H,4-6,9-10,15-17,27H2,(H,31,35)(H,32,36)(H,37,38)(H4,28,29,30)/t21-,22-/m0/s1. The molecule has 0 unspecified atom stereocenters. The summed E-state index contributed by atoms with van der Waals surface area (Å²) in [5, 5.41) is 23.1. The number of aliphatic imine (C=N–C) groups is 1. The summed E-state index contributed by atoms with van der Waals surface area (Å²) in [4.78, 5) is 41.2. The molecule has 0 aliphatic rings. The highest BCUT2D eigenvalue weighted by Gasteiger charge is 2.26. The summed E-state index contributed by atoms with van der Waals surface area (Å²) in [6, 6.07) is 14.3. The van der Waals surface area contributed by atoms with E-state index >= 15 is 0 Å². The molecule has 0 saturated carbocycles. The van der Waals surface area contributed by atoms with Gasteiger partial charge in [-0.15, -0.1) is 0 Å². The van der Waals surface area contributed by atoms with Crippen molar-refractivity contribution >= 4 is 35.1 Å². The van der Waals surface area contributed by atoms with E-state index in [2.05, 4.69) is 25.9 Å². The van der Waals surface area contributed by atoms with E-state index in [0.717, 1.165) is 5.69 Å². The summed E-state index contributed by atoms with van der Waals surface area (Å²) in [5.41, 5.74) is 18.2. The van der Waals surface area contributed by atoms with E-state index in [9.17, 15) is 19.5 Å². The number of carbonyl (C=O) groups is 3. The van der Waals surface area contributed by atoms with Gasteiger partial charge < -0.3 is 32.9 Å². The van der Waals surface area contributed by atoms with Crippen molar-refractivity contribution in [3.63, 3.8) is 0 Å². The first-order valence-electron chi connectivity index (χ1n) is 12.4. The molecule has 0 spiro atoms. The Morgan fingerprint density at radius 2 is 1.45 bits per heavy atom. The zero-order valence-corrected chi connectivity index (χ0v) is 21.3. The third kappa shape index (κ3) is 11.6. The summed E-state index contributed by atoms with van der Waals surface area (Å²) in [6.07, 6.45) is 2.08. The van der Waals surface area contributed by atoms with E-state index in [1.807, 2.05) is 30.3 Å². The van der Waals surface area contributed by atoms with Gasteiger partial charge in [-0.3, -0.25) is 14.6 Å². The van der Waals surface area contributed by atoms with Crippen molar-refractivity contribution < 1.29 is 19.5 Å². The van der Waals surface area contributed by atoms with Crippen LogP contribution < -0.4 is 27.8 Å². The maximum Gasteiger partial charge on any atom is 0.326 e. The minimum absolute atomic E-state index is 0.0205. The number of nitrogens with zero attached hydrogens (tertiary/aromatic N) is 3. The van der Waals surface area contributed by atoms with Gasteiger partial charge in [0.25, 0.3) is 0 Å². The number of rotatable bonds is 16. The second-order valence-electron chi connectivity index (χ2n) is 8.63. The second-order valence-corrected chi connectivity index (χ2v) is 8.63. The molecule has 0 aliphatic heterocycles. The van der Waals surface area contributed by atoms with E-state index in [1.54, 1.807) is 24.3 Å². The fourth-order valence-electron chi connectivity index (χ4n) is 3.52. The van der Waals surface area contributed by atoms with Crippen molar-refractivity contribution in [3.8, 4) is 0 Å². The monoisotopic (exact) mass is 524 g/mol. The molecular formula is C26H36N8O4. The molecule has 0 saturated heterocycles. The largest absolute Gasteiger partial charge is 0.480 e. The number of guanidine groups is 1. The van der Waals surface area contributed by atoms with E-state index in [-0.39, 0.29) is 37.7 Å². The fourth-order valence-corrected chi connectivity index (χ4v) is 3.52. The first kappa shape index (κ1) is 29.9. The minimum atomic E-state index is -1.15. The lowest BCUT2D eigenvalue weighted by Gasteiger charge is -2.21. The first-order chi connectivity index (χ1) is 18.3. The molecule has 2 rings (SSSR count). The number of nitrogens with two attached hydrogens (primary N) is 3. The maximum atomic E-state index is 12.9. The van der Waals surface area contributed by atoms with Gasteiger partial charge in [0.1, 0.15) is 12.1 Å². The van der Waals surface area contributed by atoms with Crippen molar-refractivity contribution in [1.29, 1.82) is 0 Å². The Bertz CT molecular complexity index is 1090. The molecule has 2 aromatic rings. The number of carboxylic acid groups (broad SMARTS) is 1. The summed E-state index contributed by atoms with van der Waals surface area (Å²) in [6.45, 7) is 0.695. The molecule has 0 heterocycles. The maximum absolute atomic E-state index is 12.9. The number of azo groups is 1. The molecule has 12 nitrogen and oxygen atoms in total. The van der Waals surface area contributed by atoms with E-state index in [0.29, 0.717) is 37.1 Å². The lowest BCUT2D eigenvalue weighted by molar-refractivity contribution is -0.142. The highest BCUT2D eigenvalue weighted by Crippen LogP contribution is 2.18. The molecule has 204 valence electrons. The molecule has 9 N–H and O–H groups in total. The third-order valence-electron chi connectivity index (χ3n) is 5.50. The van der Waals surface area contributed by atoms with Crippen LogP contribution in [0.1, 0.15) is 37.7 Å². The quantitative estimate of drug-likeness (QED) is 0.0829. The highest BCUT2D eigenvalue weighted by molar-refractivity contribution is 5.90. The predicted octanol–water partition coefficient (Wildman–Crippen LogP) is 1.88. The summed E-state index contributed by atoms with van der Waals surface area (Å²) >= 11 is 0. The summed E-state index contributed by atoms with van der Waals surface area (Å²) < 4.78 is 0. The number of hydrogen-bond acceptors (Lipinski definition) is 7. The van der Waals surface area contributed by atoms with Gasteiger partial charge in [-0.2, -0.15) is 10.2 Å². The Hall–Kier alpha value is -4.32. The van der Waals surface area contributed by atoms with Gasteiger partial charge >= 0.3 is 5.97 Å². The van der Waals surface area contributed by atoms with Crippen LogP contribution in [0.5, 0.6) is 0 Å². The van der Waals surface area contributed by atoms with E-state index < -0.39 is 24.0 Å². The van der Waals surface area contributed by atoms with Crippen LogP contribution in [-0.4, -0.2) is 54.0 Å². The van der Waals surface area contributed by atoms with Gasteiger partial charge in [-0.05, 0) is 68.5 Å². The van der Waals surface area contributed by atoms with Gasteiger partial charge in [0.15, 0.2) is 5.96 Å². The number of benzene rings is 2. The van der Waals surface area contributed by atoms with Gasteiger partial charge in [0, 0.05) is 6.54 Å². The Morgan fingerprint density at radius 1 is 0.816 bits per heavy atom. The number of unbranched alkanes of at least 4 members (excludes halogenated alkanes) is 1. The Morgan fingerprint density at radius 3 is 2.05 bits per heavy atom. The van der Waals surface area contributed by atoms with Crippen LogP contribution >= 0.6 is 0 Å².